The highest BCUT2D eigenvalue weighted by atomic mass is 16.5. The first kappa shape index (κ1) is 16.9. The second-order valence-electron chi connectivity index (χ2n) is 5.17. The van der Waals surface area contributed by atoms with Crippen LogP contribution in [0.1, 0.15) is 53.9 Å². The summed E-state index contributed by atoms with van der Waals surface area (Å²) in [5.41, 5.74) is 2.45. The molecule has 104 valence electrons. The van der Waals surface area contributed by atoms with Crippen molar-refractivity contribution in [2.45, 2.75) is 53.9 Å². The van der Waals surface area contributed by atoms with E-state index in [2.05, 4.69) is 33.4 Å². The topological polar surface area (TPSA) is 26.3 Å². The van der Waals surface area contributed by atoms with Crippen molar-refractivity contribution in [3.63, 3.8) is 0 Å². The first-order valence-electron chi connectivity index (χ1n) is 6.89. The van der Waals surface area contributed by atoms with E-state index in [1.165, 1.54) is 5.57 Å². The standard InChI is InChI=1S/C16H28O2/c1-7-13(5)15(10-9-12(3)4)11-18-16(17)14(6)8-2/h9,14-15H,5,7-8,10-11H2,1-4,6H3. The van der Waals surface area contributed by atoms with Crippen molar-refractivity contribution in [2.75, 3.05) is 6.61 Å². The Morgan fingerprint density at radius 1 is 1.33 bits per heavy atom. The highest BCUT2D eigenvalue weighted by Gasteiger charge is 2.16. The van der Waals surface area contributed by atoms with Gasteiger partial charge in [-0.25, -0.2) is 0 Å². The SMILES string of the molecule is C=C(CC)C(CC=C(C)C)COC(=O)C(C)CC. The molecule has 0 spiro atoms. The normalized spacial score (nSPS) is 13.6. The number of carbonyl (C=O) groups is 1. The van der Waals surface area contributed by atoms with Crippen molar-refractivity contribution in [2.24, 2.45) is 11.8 Å². The maximum Gasteiger partial charge on any atom is 0.308 e. The molecule has 2 heteroatoms. The fraction of sp³-hybridized carbons (Fsp3) is 0.688. The maximum atomic E-state index is 11.7. The van der Waals surface area contributed by atoms with E-state index in [9.17, 15) is 4.79 Å². The van der Waals surface area contributed by atoms with Gasteiger partial charge in [-0.3, -0.25) is 4.79 Å². The molecule has 0 saturated carbocycles. The molecule has 0 heterocycles. The summed E-state index contributed by atoms with van der Waals surface area (Å²) < 4.78 is 5.38. The minimum atomic E-state index is -0.0939. The summed E-state index contributed by atoms with van der Waals surface area (Å²) in [6, 6.07) is 0. The molecule has 2 atom stereocenters. The molecule has 0 aliphatic rings. The number of rotatable bonds is 8. The monoisotopic (exact) mass is 252 g/mol. The maximum absolute atomic E-state index is 11.7. The minimum absolute atomic E-state index is 0.0102. The third kappa shape index (κ3) is 6.63. The van der Waals surface area contributed by atoms with Crippen LogP contribution in [-0.2, 0) is 9.53 Å². The Morgan fingerprint density at radius 3 is 2.39 bits per heavy atom. The smallest absolute Gasteiger partial charge is 0.308 e. The molecule has 18 heavy (non-hydrogen) atoms. The van der Waals surface area contributed by atoms with Gasteiger partial charge in [0.25, 0.3) is 0 Å². The Labute approximate surface area is 112 Å². The molecular weight excluding hydrogens is 224 g/mol. The Hall–Kier alpha value is -1.05. The van der Waals surface area contributed by atoms with Gasteiger partial charge in [0.15, 0.2) is 0 Å². The first-order valence-corrected chi connectivity index (χ1v) is 6.89. The fourth-order valence-electron chi connectivity index (χ4n) is 1.51. The summed E-state index contributed by atoms with van der Waals surface area (Å²) >= 11 is 0. The molecule has 2 nitrogen and oxygen atoms in total. The van der Waals surface area contributed by atoms with Crippen molar-refractivity contribution in [1.82, 2.24) is 0 Å². The minimum Gasteiger partial charge on any atom is -0.465 e. The molecule has 0 bridgehead atoms. The van der Waals surface area contributed by atoms with Crippen LogP contribution in [0.15, 0.2) is 23.8 Å². The third-order valence-corrected chi connectivity index (χ3v) is 3.28. The van der Waals surface area contributed by atoms with Crippen molar-refractivity contribution in [1.29, 1.82) is 0 Å². The lowest BCUT2D eigenvalue weighted by atomic mass is 9.95. The van der Waals surface area contributed by atoms with Gasteiger partial charge in [-0.15, -0.1) is 0 Å². The molecule has 2 unspecified atom stereocenters. The van der Waals surface area contributed by atoms with Crippen LogP contribution < -0.4 is 0 Å². The summed E-state index contributed by atoms with van der Waals surface area (Å²) in [7, 11) is 0. The number of hydrogen-bond donors (Lipinski definition) is 0. The zero-order valence-electron chi connectivity index (χ0n) is 12.6. The van der Waals surface area contributed by atoms with Crippen LogP contribution >= 0.6 is 0 Å². The first-order chi connectivity index (χ1) is 8.42. The molecule has 0 amide bonds. The van der Waals surface area contributed by atoms with Crippen molar-refractivity contribution < 1.29 is 9.53 Å². The molecule has 0 aromatic heterocycles. The van der Waals surface area contributed by atoms with Crippen molar-refractivity contribution in [3.05, 3.63) is 23.8 Å². The Bertz CT molecular complexity index is 298. The van der Waals surface area contributed by atoms with Crippen LogP contribution in [0.2, 0.25) is 0 Å². The molecule has 0 rings (SSSR count). The van der Waals surface area contributed by atoms with Gasteiger partial charge in [0, 0.05) is 5.92 Å². The van der Waals surface area contributed by atoms with Gasteiger partial charge in [-0.2, -0.15) is 0 Å². The van der Waals surface area contributed by atoms with Gasteiger partial charge in [0.2, 0.25) is 0 Å². The van der Waals surface area contributed by atoms with Crippen LogP contribution in [0.3, 0.4) is 0 Å². The second kappa shape index (κ2) is 8.96. The summed E-state index contributed by atoms with van der Waals surface area (Å²) in [4.78, 5) is 11.7. The lowest BCUT2D eigenvalue weighted by Gasteiger charge is -2.18. The van der Waals surface area contributed by atoms with Gasteiger partial charge in [0.05, 0.1) is 12.5 Å². The Kier molecular flexibility index (Phi) is 8.43. The van der Waals surface area contributed by atoms with E-state index in [1.54, 1.807) is 0 Å². The summed E-state index contributed by atoms with van der Waals surface area (Å²) in [5.74, 6) is 0.144. The molecule has 0 aliphatic carbocycles. The Morgan fingerprint density at radius 2 is 1.94 bits per heavy atom. The van der Waals surface area contributed by atoms with E-state index in [4.69, 9.17) is 4.74 Å². The van der Waals surface area contributed by atoms with E-state index in [0.29, 0.717) is 6.61 Å². The summed E-state index contributed by atoms with van der Waals surface area (Å²) in [6.07, 6.45) is 4.85. The average Bonchev–Trinajstić information content (AvgIpc) is 2.36. The predicted octanol–water partition coefficient (Wildman–Crippen LogP) is 4.51. The van der Waals surface area contributed by atoms with E-state index in [1.807, 2.05) is 13.8 Å². The second-order valence-corrected chi connectivity index (χ2v) is 5.17. The van der Waals surface area contributed by atoms with Gasteiger partial charge in [0.1, 0.15) is 0 Å². The molecule has 0 saturated heterocycles. The van der Waals surface area contributed by atoms with Crippen LogP contribution in [-0.4, -0.2) is 12.6 Å². The quantitative estimate of drug-likeness (QED) is 0.469. The number of allylic oxidation sites excluding steroid dienone is 2. The van der Waals surface area contributed by atoms with E-state index in [0.717, 1.165) is 24.8 Å². The van der Waals surface area contributed by atoms with E-state index < -0.39 is 0 Å². The molecule has 0 aliphatic heterocycles. The molecule has 0 fully saturated rings. The lowest BCUT2D eigenvalue weighted by molar-refractivity contribution is -0.149. The van der Waals surface area contributed by atoms with Crippen molar-refractivity contribution >= 4 is 5.97 Å². The Balaban J connectivity index is 4.38. The number of ether oxygens (including phenoxy) is 1. The van der Waals surface area contributed by atoms with Crippen LogP contribution in [0.5, 0.6) is 0 Å². The molecule has 0 N–H and O–H groups in total. The van der Waals surface area contributed by atoms with Crippen LogP contribution in [0, 0.1) is 11.8 Å². The number of hydrogen-bond acceptors (Lipinski definition) is 2. The van der Waals surface area contributed by atoms with E-state index in [-0.39, 0.29) is 17.8 Å². The predicted molar refractivity (Wildman–Crippen MR) is 77.4 cm³/mol. The summed E-state index contributed by atoms with van der Waals surface area (Å²) in [6.45, 7) is 14.7. The fourth-order valence-corrected chi connectivity index (χ4v) is 1.51. The lowest BCUT2D eigenvalue weighted by Crippen LogP contribution is -2.19. The number of carbonyl (C=O) groups excluding carboxylic acids is 1. The molecule has 0 aromatic carbocycles. The highest BCUT2D eigenvalue weighted by molar-refractivity contribution is 5.71. The molecule has 0 radical (unpaired) electrons. The summed E-state index contributed by atoms with van der Waals surface area (Å²) in [5, 5.41) is 0. The van der Waals surface area contributed by atoms with Gasteiger partial charge >= 0.3 is 5.97 Å². The van der Waals surface area contributed by atoms with Crippen LogP contribution in [0.25, 0.3) is 0 Å². The van der Waals surface area contributed by atoms with Crippen molar-refractivity contribution in [3.8, 4) is 0 Å². The average molecular weight is 252 g/mol. The van der Waals surface area contributed by atoms with Gasteiger partial charge in [-0.1, -0.05) is 44.6 Å². The highest BCUT2D eigenvalue weighted by Crippen LogP contribution is 2.19. The van der Waals surface area contributed by atoms with Gasteiger partial charge in [-0.05, 0) is 33.1 Å². The molecule has 0 aromatic rings. The van der Waals surface area contributed by atoms with Gasteiger partial charge < -0.3 is 4.74 Å². The largest absolute Gasteiger partial charge is 0.465 e. The van der Waals surface area contributed by atoms with Crippen LogP contribution in [0.4, 0.5) is 0 Å². The third-order valence-electron chi connectivity index (χ3n) is 3.28. The zero-order chi connectivity index (χ0) is 14.1. The zero-order valence-corrected chi connectivity index (χ0v) is 12.6. The van der Waals surface area contributed by atoms with E-state index >= 15 is 0 Å². The number of esters is 1. The molecular formula is C16H28O2.